The molecule has 1 aromatic carbocycles. The zero-order chi connectivity index (χ0) is 10.8. The predicted octanol–water partition coefficient (Wildman–Crippen LogP) is 2.64. The molecule has 15 heavy (non-hydrogen) atoms. The molecule has 0 aliphatic rings. The Bertz CT molecular complexity index is 507. The molecule has 0 atom stereocenters. The third kappa shape index (κ3) is 2.01. The summed E-state index contributed by atoms with van der Waals surface area (Å²) in [7, 11) is 0. The highest BCUT2D eigenvalue weighted by molar-refractivity contribution is 14.1. The van der Waals surface area contributed by atoms with Gasteiger partial charge in [-0.25, -0.2) is 4.79 Å². The number of nitrogens with zero attached hydrogens (tertiary/aromatic N) is 1. The second-order valence-electron chi connectivity index (χ2n) is 2.86. The van der Waals surface area contributed by atoms with Gasteiger partial charge in [-0.1, -0.05) is 23.4 Å². The molecule has 1 heterocycles. The van der Waals surface area contributed by atoms with E-state index in [1.165, 1.54) is 6.07 Å². The van der Waals surface area contributed by atoms with Gasteiger partial charge in [0, 0.05) is 15.2 Å². The van der Waals surface area contributed by atoms with Gasteiger partial charge in [-0.2, -0.15) is 0 Å². The molecule has 0 aliphatic heterocycles. The molecule has 0 aliphatic carbocycles. The van der Waals surface area contributed by atoms with Crippen molar-refractivity contribution < 1.29 is 14.4 Å². The van der Waals surface area contributed by atoms with Crippen LogP contribution < -0.4 is 0 Å². The van der Waals surface area contributed by atoms with E-state index in [2.05, 4.69) is 32.3 Å². The van der Waals surface area contributed by atoms with Gasteiger partial charge >= 0.3 is 5.97 Å². The Morgan fingerprint density at radius 2 is 2.13 bits per heavy atom. The van der Waals surface area contributed by atoms with E-state index in [9.17, 15) is 4.79 Å². The minimum Gasteiger partial charge on any atom is -0.475 e. The summed E-state index contributed by atoms with van der Waals surface area (Å²) in [6, 6.07) is 8.98. The largest absolute Gasteiger partial charge is 0.475 e. The van der Waals surface area contributed by atoms with Gasteiger partial charge in [-0.05, 0) is 28.7 Å². The Balaban J connectivity index is 2.46. The van der Waals surface area contributed by atoms with E-state index in [0.717, 1.165) is 9.13 Å². The third-order valence-corrected chi connectivity index (χ3v) is 2.81. The summed E-state index contributed by atoms with van der Waals surface area (Å²) in [4.78, 5) is 10.6. The number of carboxylic acids is 1. The normalized spacial score (nSPS) is 10.2. The van der Waals surface area contributed by atoms with Crippen molar-refractivity contribution in [3.05, 3.63) is 39.7 Å². The van der Waals surface area contributed by atoms with Crippen LogP contribution in [0.15, 0.2) is 34.9 Å². The number of carboxylic acid groups (broad SMARTS) is 1. The van der Waals surface area contributed by atoms with Gasteiger partial charge in [0.05, 0.1) is 0 Å². The van der Waals surface area contributed by atoms with Crippen molar-refractivity contribution in [3.63, 3.8) is 0 Å². The summed E-state index contributed by atoms with van der Waals surface area (Å²) in [5.74, 6) is -1.26. The smallest absolute Gasteiger partial charge is 0.374 e. The van der Waals surface area contributed by atoms with Crippen LogP contribution in [-0.2, 0) is 0 Å². The van der Waals surface area contributed by atoms with Crippen molar-refractivity contribution in [2.45, 2.75) is 0 Å². The molecule has 4 nitrogen and oxygen atoms in total. The van der Waals surface area contributed by atoms with Crippen LogP contribution in [0.4, 0.5) is 0 Å². The maximum absolute atomic E-state index is 10.6. The van der Waals surface area contributed by atoms with Gasteiger partial charge < -0.3 is 9.63 Å². The van der Waals surface area contributed by atoms with E-state index in [1.54, 1.807) is 0 Å². The van der Waals surface area contributed by atoms with Crippen LogP contribution in [0.3, 0.4) is 0 Å². The maximum atomic E-state index is 10.6. The average Bonchev–Trinajstić information content (AvgIpc) is 2.67. The SMILES string of the molecule is O=C(O)c1cc(-c2ccccc2I)no1. The molecular weight excluding hydrogens is 309 g/mol. The number of aromatic carboxylic acids is 1. The van der Waals surface area contributed by atoms with Gasteiger partial charge in [-0.3, -0.25) is 0 Å². The molecule has 0 unspecified atom stereocenters. The molecule has 2 rings (SSSR count). The Morgan fingerprint density at radius 3 is 2.73 bits per heavy atom. The molecule has 0 fully saturated rings. The van der Waals surface area contributed by atoms with Crippen LogP contribution in [-0.4, -0.2) is 16.2 Å². The van der Waals surface area contributed by atoms with Crippen molar-refractivity contribution >= 4 is 28.6 Å². The minimum atomic E-state index is -1.11. The standard InChI is InChI=1S/C10H6INO3/c11-7-4-2-1-3-6(7)8-5-9(10(13)14)15-12-8/h1-5H,(H,13,14). The number of aromatic nitrogens is 1. The molecular formula is C10H6INO3. The molecule has 2 aromatic rings. The zero-order valence-electron chi connectivity index (χ0n) is 7.48. The van der Waals surface area contributed by atoms with E-state index in [-0.39, 0.29) is 5.76 Å². The van der Waals surface area contributed by atoms with Crippen LogP contribution in [0.25, 0.3) is 11.3 Å². The van der Waals surface area contributed by atoms with Crippen molar-refractivity contribution in [2.75, 3.05) is 0 Å². The summed E-state index contributed by atoms with van der Waals surface area (Å²) in [5, 5.41) is 12.4. The summed E-state index contributed by atoms with van der Waals surface area (Å²) < 4.78 is 5.68. The maximum Gasteiger partial charge on any atom is 0.374 e. The van der Waals surface area contributed by atoms with E-state index < -0.39 is 5.97 Å². The first-order valence-electron chi connectivity index (χ1n) is 4.13. The quantitative estimate of drug-likeness (QED) is 0.866. The molecule has 76 valence electrons. The van der Waals surface area contributed by atoms with Crippen LogP contribution in [0, 0.1) is 3.57 Å². The van der Waals surface area contributed by atoms with E-state index >= 15 is 0 Å². The Kier molecular flexibility index (Phi) is 2.72. The van der Waals surface area contributed by atoms with Crippen LogP contribution >= 0.6 is 22.6 Å². The van der Waals surface area contributed by atoms with Crippen LogP contribution in [0.5, 0.6) is 0 Å². The van der Waals surface area contributed by atoms with Crippen molar-refractivity contribution in [3.8, 4) is 11.3 Å². The second kappa shape index (κ2) is 4.01. The Morgan fingerprint density at radius 1 is 1.40 bits per heavy atom. The van der Waals surface area contributed by atoms with Crippen molar-refractivity contribution in [1.82, 2.24) is 5.16 Å². The summed E-state index contributed by atoms with van der Waals surface area (Å²) in [6.45, 7) is 0. The number of halogens is 1. The van der Waals surface area contributed by atoms with Gasteiger partial charge in [0.25, 0.3) is 0 Å². The molecule has 5 heteroatoms. The van der Waals surface area contributed by atoms with Crippen LogP contribution in [0.1, 0.15) is 10.6 Å². The number of hydrogen-bond donors (Lipinski definition) is 1. The Hall–Kier alpha value is -1.37. The zero-order valence-corrected chi connectivity index (χ0v) is 9.63. The topological polar surface area (TPSA) is 63.3 Å². The number of hydrogen-bond acceptors (Lipinski definition) is 3. The van der Waals surface area contributed by atoms with Gasteiger partial charge in [0.2, 0.25) is 5.76 Å². The fraction of sp³-hybridized carbons (Fsp3) is 0. The van der Waals surface area contributed by atoms with Gasteiger partial charge in [0.1, 0.15) is 5.69 Å². The second-order valence-corrected chi connectivity index (χ2v) is 4.02. The van der Waals surface area contributed by atoms with E-state index in [1.807, 2.05) is 24.3 Å². The molecule has 0 saturated carbocycles. The molecule has 1 aromatic heterocycles. The van der Waals surface area contributed by atoms with E-state index in [0.29, 0.717) is 5.69 Å². The lowest BCUT2D eigenvalue weighted by Gasteiger charge is -1.97. The van der Waals surface area contributed by atoms with Crippen molar-refractivity contribution in [2.24, 2.45) is 0 Å². The lowest BCUT2D eigenvalue weighted by molar-refractivity contribution is 0.0652. The highest BCUT2D eigenvalue weighted by Crippen LogP contribution is 2.24. The molecule has 0 spiro atoms. The third-order valence-electron chi connectivity index (χ3n) is 1.87. The monoisotopic (exact) mass is 315 g/mol. The first-order chi connectivity index (χ1) is 7.18. The lowest BCUT2D eigenvalue weighted by atomic mass is 10.1. The molecule has 0 radical (unpaired) electrons. The first-order valence-corrected chi connectivity index (χ1v) is 5.21. The number of carbonyl (C=O) groups is 1. The highest BCUT2D eigenvalue weighted by atomic mass is 127. The molecule has 0 saturated heterocycles. The van der Waals surface area contributed by atoms with Crippen LogP contribution in [0.2, 0.25) is 0 Å². The minimum absolute atomic E-state index is 0.148. The van der Waals surface area contributed by atoms with Gasteiger partial charge in [-0.15, -0.1) is 0 Å². The number of rotatable bonds is 2. The summed E-state index contributed by atoms with van der Waals surface area (Å²) >= 11 is 2.16. The predicted molar refractivity (Wildman–Crippen MR) is 61.6 cm³/mol. The molecule has 1 N–H and O–H groups in total. The fourth-order valence-electron chi connectivity index (χ4n) is 1.17. The molecule has 0 amide bonds. The summed E-state index contributed by atoms with van der Waals surface area (Å²) in [5.41, 5.74) is 1.41. The average molecular weight is 315 g/mol. The van der Waals surface area contributed by atoms with Crippen molar-refractivity contribution in [1.29, 1.82) is 0 Å². The number of benzene rings is 1. The Labute approximate surface area is 99.0 Å². The van der Waals surface area contributed by atoms with E-state index in [4.69, 9.17) is 5.11 Å². The fourth-order valence-corrected chi connectivity index (χ4v) is 1.84. The van der Waals surface area contributed by atoms with Gasteiger partial charge in [0.15, 0.2) is 0 Å². The molecule has 0 bridgehead atoms. The summed E-state index contributed by atoms with van der Waals surface area (Å²) in [6.07, 6.45) is 0. The highest BCUT2D eigenvalue weighted by Gasteiger charge is 2.13. The lowest BCUT2D eigenvalue weighted by Crippen LogP contribution is -1.91. The first kappa shape index (κ1) is 10.2.